The van der Waals surface area contributed by atoms with E-state index in [1.807, 2.05) is 24.0 Å². The Morgan fingerprint density at radius 3 is 2.62 bits per heavy atom. The van der Waals surface area contributed by atoms with Gasteiger partial charge in [-0.3, -0.25) is 19.5 Å². The Labute approximate surface area is 198 Å². The summed E-state index contributed by atoms with van der Waals surface area (Å²) in [5, 5.41) is 11.1. The number of ether oxygens (including phenoxy) is 1. The number of hydrogen-bond donors (Lipinski definition) is 0. The summed E-state index contributed by atoms with van der Waals surface area (Å²) in [5.74, 6) is 0.0940. The summed E-state index contributed by atoms with van der Waals surface area (Å²) < 4.78 is 6.51. The van der Waals surface area contributed by atoms with Gasteiger partial charge < -0.3 is 9.64 Å². The average Bonchev–Trinajstić information content (AvgIpc) is 3.39. The van der Waals surface area contributed by atoms with Crippen molar-refractivity contribution in [2.45, 2.75) is 33.3 Å². The van der Waals surface area contributed by atoms with Crippen molar-refractivity contribution in [3.05, 3.63) is 64.7 Å². The van der Waals surface area contributed by atoms with Gasteiger partial charge in [0, 0.05) is 38.4 Å². The standard InChI is InChI=1S/C24H29N7O3/c1-18-3-4-20(19(2)23(18)15-34-17-32)7-8-29-9-11-30(12-10-29)24(33)13-21-5-6-22(14-25-21)31-16-26-27-28-31/h3-6,14,16-17H,7-13,15H2,1-2H3. The largest absolute Gasteiger partial charge is 0.463 e. The maximum absolute atomic E-state index is 12.8. The monoisotopic (exact) mass is 463 g/mol. The third-order valence-corrected chi connectivity index (χ3v) is 6.42. The summed E-state index contributed by atoms with van der Waals surface area (Å²) in [6.07, 6.45) is 4.37. The van der Waals surface area contributed by atoms with Crippen LogP contribution in [0.3, 0.4) is 0 Å². The van der Waals surface area contributed by atoms with E-state index < -0.39 is 0 Å². The lowest BCUT2D eigenvalue weighted by Crippen LogP contribution is -2.49. The molecule has 1 amide bonds. The Kier molecular flexibility index (Phi) is 7.58. The van der Waals surface area contributed by atoms with E-state index in [1.54, 1.807) is 6.20 Å². The molecule has 2 aromatic heterocycles. The van der Waals surface area contributed by atoms with Crippen LogP contribution in [0.15, 0.2) is 36.8 Å². The highest BCUT2D eigenvalue weighted by atomic mass is 16.5. The second-order valence-corrected chi connectivity index (χ2v) is 8.46. The molecule has 1 aliphatic rings. The number of amides is 1. The molecule has 1 aliphatic heterocycles. The number of nitrogens with zero attached hydrogens (tertiary/aromatic N) is 7. The molecule has 1 fully saturated rings. The van der Waals surface area contributed by atoms with Crippen LogP contribution >= 0.6 is 0 Å². The number of hydrogen-bond acceptors (Lipinski definition) is 8. The van der Waals surface area contributed by atoms with E-state index >= 15 is 0 Å². The van der Waals surface area contributed by atoms with Crippen LogP contribution < -0.4 is 0 Å². The summed E-state index contributed by atoms with van der Waals surface area (Å²) in [6, 6.07) is 7.94. The normalized spacial score (nSPS) is 14.2. The molecular formula is C24H29N7O3. The van der Waals surface area contributed by atoms with E-state index in [-0.39, 0.29) is 12.3 Å². The Balaban J connectivity index is 1.25. The molecule has 0 atom stereocenters. The number of aryl methyl sites for hydroxylation is 1. The Bertz CT molecular complexity index is 1110. The zero-order valence-corrected chi connectivity index (χ0v) is 19.6. The van der Waals surface area contributed by atoms with E-state index in [2.05, 4.69) is 44.5 Å². The summed E-state index contributed by atoms with van der Waals surface area (Å²) >= 11 is 0. The number of carbonyl (C=O) groups is 2. The summed E-state index contributed by atoms with van der Waals surface area (Å²) in [5.41, 5.74) is 6.16. The lowest BCUT2D eigenvalue weighted by molar-refractivity contribution is -0.132. The molecule has 34 heavy (non-hydrogen) atoms. The van der Waals surface area contributed by atoms with Crippen LogP contribution in [0.1, 0.15) is 27.9 Å². The van der Waals surface area contributed by atoms with Crippen LogP contribution in [0, 0.1) is 13.8 Å². The third-order valence-electron chi connectivity index (χ3n) is 6.42. The molecule has 10 heteroatoms. The van der Waals surface area contributed by atoms with Gasteiger partial charge in [0.25, 0.3) is 6.47 Å². The highest BCUT2D eigenvalue weighted by Gasteiger charge is 2.21. The molecule has 0 spiro atoms. The Morgan fingerprint density at radius 2 is 1.94 bits per heavy atom. The molecule has 0 saturated carbocycles. The topological polar surface area (TPSA) is 106 Å². The molecule has 0 bridgehead atoms. The van der Waals surface area contributed by atoms with Gasteiger partial charge in [-0.2, -0.15) is 4.68 Å². The average molecular weight is 464 g/mol. The quantitative estimate of drug-likeness (QED) is 0.437. The first kappa shape index (κ1) is 23.5. The zero-order valence-electron chi connectivity index (χ0n) is 19.6. The third kappa shape index (κ3) is 5.63. The number of carbonyl (C=O) groups excluding carboxylic acids is 2. The lowest BCUT2D eigenvalue weighted by atomic mass is 9.96. The fraction of sp³-hybridized carbons (Fsp3) is 0.417. The molecule has 3 aromatic rings. The minimum atomic E-state index is 0.0940. The summed E-state index contributed by atoms with van der Waals surface area (Å²) in [4.78, 5) is 32.0. The van der Waals surface area contributed by atoms with Crippen molar-refractivity contribution in [1.82, 2.24) is 35.0 Å². The predicted molar refractivity (Wildman–Crippen MR) is 124 cm³/mol. The van der Waals surface area contributed by atoms with Crippen molar-refractivity contribution in [3.8, 4) is 5.69 Å². The number of tetrazole rings is 1. The van der Waals surface area contributed by atoms with Gasteiger partial charge in [-0.1, -0.05) is 12.1 Å². The van der Waals surface area contributed by atoms with Crippen molar-refractivity contribution >= 4 is 12.4 Å². The van der Waals surface area contributed by atoms with Crippen LogP contribution in [0.2, 0.25) is 0 Å². The highest BCUT2D eigenvalue weighted by molar-refractivity contribution is 5.78. The van der Waals surface area contributed by atoms with Crippen molar-refractivity contribution in [2.24, 2.45) is 0 Å². The van der Waals surface area contributed by atoms with Crippen LogP contribution in [0.5, 0.6) is 0 Å². The van der Waals surface area contributed by atoms with E-state index in [4.69, 9.17) is 4.74 Å². The molecule has 1 saturated heterocycles. The van der Waals surface area contributed by atoms with Gasteiger partial charge in [0.15, 0.2) is 0 Å². The molecule has 4 rings (SSSR count). The number of piperazine rings is 1. The van der Waals surface area contributed by atoms with Gasteiger partial charge in [0.1, 0.15) is 12.9 Å². The second kappa shape index (κ2) is 11.0. The van der Waals surface area contributed by atoms with E-state index in [9.17, 15) is 9.59 Å². The minimum Gasteiger partial charge on any atom is -0.463 e. The van der Waals surface area contributed by atoms with Crippen molar-refractivity contribution in [1.29, 1.82) is 0 Å². The lowest BCUT2D eigenvalue weighted by Gasteiger charge is -2.35. The van der Waals surface area contributed by atoms with E-state index in [0.717, 1.165) is 48.6 Å². The van der Waals surface area contributed by atoms with E-state index in [0.29, 0.717) is 26.2 Å². The molecule has 1 aromatic carbocycles. The van der Waals surface area contributed by atoms with Crippen LogP contribution in [-0.2, 0) is 33.8 Å². The first-order chi connectivity index (χ1) is 16.5. The highest BCUT2D eigenvalue weighted by Crippen LogP contribution is 2.20. The van der Waals surface area contributed by atoms with Gasteiger partial charge in [0.05, 0.1) is 18.3 Å². The molecule has 3 heterocycles. The first-order valence-electron chi connectivity index (χ1n) is 11.4. The van der Waals surface area contributed by atoms with Gasteiger partial charge in [0.2, 0.25) is 5.91 Å². The summed E-state index contributed by atoms with van der Waals surface area (Å²) in [6.45, 7) is 8.99. The molecular weight excluding hydrogens is 434 g/mol. The number of benzene rings is 1. The second-order valence-electron chi connectivity index (χ2n) is 8.46. The molecule has 0 N–H and O–H groups in total. The molecule has 10 nitrogen and oxygen atoms in total. The fourth-order valence-corrected chi connectivity index (χ4v) is 4.25. The predicted octanol–water partition coefficient (Wildman–Crippen LogP) is 1.28. The smallest absolute Gasteiger partial charge is 0.293 e. The van der Waals surface area contributed by atoms with Gasteiger partial charge in [-0.25, -0.2) is 0 Å². The van der Waals surface area contributed by atoms with Crippen LogP contribution in [-0.4, -0.2) is 80.1 Å². The zero-order chi connectivity index (χ0) is 23.9. The van der Waals surface area contributed by atoms with Gasteiger partial charge in [-0.15, -0.1) is 5.10 Å². The molecule has 0 unspecified atom stereocenters. The Hall–Kier alpha value is -3.66. The first-order valence-corrected chi connectivity index (χ1v) is 11.4. The molecule has 178 valence electrons. The Morgan fingerprint density at radius 1 is 1.12 bits per heavy atom. The van der Waals surface area contributed by atoms with Crippen LogP contribution in [0.25, 0.3) is 5.69 Å². The number of rotatable bonds is 9. The SMILES string of the molecule is Cc1ccc(CCN2CCN(C(=O)Cc3ccc(-n4cnnn4)cn3)CC2)c(C)c1COC=O. The van der Waals surface area contributed by atoms with Crippen molar-refractivity contribution < 1.29 is 14.3 Å². The van der Waals surface area contributed by atoms with Gasteiger partial charge in [-0.05, 0) is 65.1 Å². The fourth-order valence-electron chi connectivity index (χ4n) is 4.25. The summed E-state index contributed by atoms with van der Waals surface area (Å²) in [7, 11) is 0. The van der Waals surface area contributed by atoms with E-state index in [1.165, 1.54) is 22.1 Å². The molecule has 0 aliphatic carbocycles. The van der Waals surface area contributed by atoms with Crippen molar-refractivity contribution in [3.63, 3.8) is 0 Å². The van der Waals surface area contributed by atoms with Crippen LogP contribution in [0.4, 0.5) is 0 Å². The molecule has 0 radical (unpaired) electrons. The maximum atomic E-state index is 12.8. The van der Waals surface area contributed by atoms with Crippen molar-refractivity contribution in [2.75, 3.05) is 32.7 Å². The maximum Gasteiger partial charge on any atom is 0.293 e. The van der Waals surface area contributed by atoms with Gasteiger partial charge >= 0.3 is 0 Å². The number of pyridine rings is 1. The number of aromatic nitrogens is 5. The minimum absolute atomic E-state index is 0.0940.